The average Bonchev–Trinajstić information content (AvgIpc) is 3.11. The summed E-state index contributed by atoms with van der Waals surface area (Å²) in [6.45, 7) is 3.49. The van der Waals surface area contributed by atoms with E-state index >= 15 is 0 Å². The van der Waals surface area contributed by atoms with Gasteiger partial charge in [0.05, 0.1) is 25.0 Å². The number of carbonyl (C=O) groups excluding carboxylic acids is 1. The lowest BCUT2D eigenvalue weighted by molar-refractivity contribution is -0.143. The first kappa shape index (κ1) is 19.5. The van der Waals surface area contributed by atoms with Crippen molar-refractivity contribution >= 4 is 11.9 Å². The van der Waals surface area contributed by atoms with E-state index in [1.807, 2.05) is 55.4 Å². The molecule has 140 valence electrons. The lowest BCUT2D eigenvalue weighted by Gasteiger charge is -2.21. The molecule has 1 aromatic carbocycles. The molecule has 0 amide bonds. The van der Waals surface area contributed by atoms with Gasteiger partial charge in [-0.3, -0.25) is 9.79 Å². The first-order valence-electron chi connectivity index (χ1n) is 8.80. The van der Waals surface area contributed by atoms with Gasteiger partial charge in [0.15, 0.2) is 5.96 Å². The molecule has 0 radical (unpaired) electrons. The third-order valence-corrected chi connectivity index (χ3v) is 3.82. The van der Waals surface area contributed by atoms with Crippen molar-refractivity contribution in [1.29, 1.82) is 0 Å². The zero-order chi connectivity index (χ0) is 18.8. The zero-order valence-corrected chi connectivity index (χ0v) is 15.7. The van der Waals surface area contributed by atoms with Gasteiger partial charge in [0, 0.05) is 27.1 Å². The molecule has 0 spiro atoms. The highest BCUT2D eigenvalue weighted by molar-refractivity contribution is 5.79. The van der Waals surface area contributed by atoms with Crippen LogP contribution in [0.4, 0.5) is 0 Å². The topological polar surface area (TPSA) is 82.6 Å². The molecular formula is C19H27N5O2. The number of hydrogen-bond donors (Lipinski definition) is 2. The number of imidazole rings is 1. The number of hydrogen-bond acceptors (Lipinski definition) is 4. The Morgan fingerprint density at radius 3 is 2.81 bits per heavy atom. The largest absolute Gasteiger partial charge is 0.466 e. The van der Waals surface area contributed by atoms with Crippen LogP contribution in [0, 0.1) is 0 Å². The van der Waals surface area contributed by atoms with E-state index in [1.165, 1.54) is 0 Å². The smallest absolute Gasteiger partial charge is 0.305 e. The van der Waals surface area contributed by atoms with Gasteiger partial charge in [-0.15, -0.1) is 0 Å². The van der Waals surface area contributed by atoms with Crippen LogP contribution < -0.4 is 5.32 Å². The number of H-pyrrole nitrogens is 1. The number of aliphatic imine (C=N–C) groups is 1. The fraction of sp³-hybridized carbons (Fsp3) is 0.421. The number of carbonyl (C=O) groups is 1. The number of nitrogens with one attached hydrogen (secondary N) is 2. The van der Waals surface area contributed by atoms with E-state index in [9.17, 15) is 4.79 Å². The van der Waals surface area contributed by atoms with Gasteiger partial charge < -0.3 is 19.9 Å². The minimum Gasteiger partial charge on any atom is -0.466 e. The van der Waals surface area contributed by atoms with Crippen molar-refractivity contribution in [3.8, 4) is 11.3 Å². The molecule has 0 aliphatic heterocycles. The van der Waals surface area contributed by atoms with Crippen LogP contribution in [-0.4, -0.2) is 54.0 Å². The normalized spacial score (nSPS) is 11.3. The standard InChI is InChI=1S/C19H27N5O2/c1-4-26-18(25)11-8-12-21-19(20-2)24(3)14-17-22-13-16(23-17)15-9-6-5-7-10-15/h5-7,9-10,13H,4,8,11-12,14H2,1-3H3,(H,20,21)(H,22,23). The van der Waals surface area contributed by atoms with Crippen LogP contribution in [0.3, 0.4) is 0 Å². The molecule has 1 heterocycles. The molecule has 0 saturated heterocycles. The number of aromatic nitrogens is 2. The molecule has 2 N–H and O–H groups in total. The molecule has 26 heavy (non-hydrogen) atoms. The van der Waals surface area contributed by atoms with Crippen molar-refractivity contribution in [2.24, 2.45) is 4.99 Å². The number of nitrogens with zero attached hydrogens (tertiary/aromatic N) is 3. The summed E-state index contributed by atoms with van der Waals surface area (Å²) in [5, 5.41) is 3.25. The molecule has 0 unspecified atom stereocenters. The van der Waals surface area contributed by atoms with Crippen molar-refractivity contribution in [1.82, 2.24) is 20.2 Å². The summed E-state index contributed by atoms with van der Waals surface area (Å²) in [7, 11) is 3.69. The molecule has 0 bridgehead atoms. The number of guanidine groups is 1. The Morgan fingerprint density at radius 1 is 1.35 bits per heavy atom. The van der Waals surface area contributed by atoms with Crippen LogP contribution in [0.2, 0.25) is 0 Å². The van der Waals surface area contributed by atoms with Gasteiger partial charge in [0.1, 0.15) is 5.82 Å². The summed E-state index contributed by atoms with van der Waals surface area (Å²) >= 11 is 0. The second kappa shape index (κ2) is 10.2. The maximum Gasteiger partial charge on any atom is 0.305 e. The molecule has 7 heteroatoms. The van der Waals surface area contributed by atoms with E-state index in [-0.39, 0.29) is 5.97 Å². The summed E-state index contributed by atoms with van der Waals surface area (Å²) in [4.78, 5) is 25.4. The van der Waals surface area contributed by atoms with E-state index in [4.69, 9.17) is 4.74 Å². The Bertz CT molecular complexity index is 712. The van der Waals surface area contributed by atoms with Gasteiger partial charge in [-0.25, -0.2) is 4.98 Å². The first-order valence-corrected chi connectivity index (χ1v) is 8.80. The monoisotopic (exact) mass is 357 g/mol. The van der Waals surface area contributed by atoms with E-state index < -0.39 is 0 Å². The predicted octanol–water partition coefficient (Wildman–Crippen LogP) is 2.43. The highest BCUT2D eigenvalue weighted by Crippen LogP contribution is 2.16. The minimum atomic E-state index is -0.165. The van der Waals surface area contributed by atoms with Gasteiger partial charge >= 0.3 is 5.97 Å². The van der Waals surface area contributed by atoms with Crippen molar-refractivity contribution in [3.05, 3.63) is 42.4 Å². The second-order valence-corrected chi connectivity index (χ2v) is 5.85. The second-order valence-electron chi connectivity index (χ2n) is 5.85. The lowest BCUT2D eigenvalue weighted by Crippen LogP contribution is -2.39. The fourth-order valence-corrected chi connectivity index (χ4v) is 2.56. The van der Waals surface area contributed by atoms with E-state index in [0.717, 1.165) is 23.0 Å². The summed E-state index contributed by atoms with van der Waals surface area (Å²) in [5.74, 6) is 1.45. The molecule has 1 aromatic heterocycles. The highest BCUT2D eigenvalue weighted by atomic mass is 16.5. The van der Waals surface area contributed by atoms with E-state index in [1.54, 1.807) is 7.05 Å². The summed E-state index contributed by atoms with van der Waals surface area (Å²) in [5.41, 5.74) is 2.10. The molecule has 0 aliphatic carbocycles. The van der Waals surface area contributed by atoms with Crippen LogP contribution in [0.25, 0.3) is 11.3 Å². The summed E-state index contributed by atoms with van der Waals surface area (Å²) in [6, 6.07) is 10.1. The molecule has 0 saturated carbocycles. The molecule has 7 nitrogen and oxygen atoms in total. The number of esters is 1. The highest BCUT2D eigenvalue weighted by Gasteiger charge is 2.10. The third kappa shape index (κ3) is 5.91. The molecule has 2 rings (SSSR count). The van der Waals surface area contributed by atoms with Crippen molar-refractivity contribution < 1.29 is 9.53 Å². The average molecular weight is 357 g/mol. The molecule has 0 aliphatic rings. The van der Waals surface area contributed by atoms with Gasteiger partial charge in [-0.05, 0) is 18.9 Å². The third-order valence-electron chi connectivity index (χ3n) is 3.82. The molecule has 0 atom stereocenters. The van der Waals surface area contributed by atoms with Crippen molar-refractivity contribution in [2.75, 3.05) is 27.2 Å². The maximum absolute atomic E-state index is 11.3. The Kier molecular flexibility index (Phi) is 7.67. The predicted molar refractivity (Wildman–Crippen MR) is 103 cm³/mol. The SMILES string of the molecule is CCOC(=O)CCCNC(=NC)N(C)Cc1ncc(-c2ccccc2)[nH]1. The van der Waals surface area contributed by atoms with Crippen LogP contribution in [0.5, 0.6) is 0 Å². The first-order chi connectivity index (χ1) is 12.6. The van der Waals surface area contributed by atoms with Crippen LogP contribution in [0.1, 0.15) is 25.6 Å². The van der Waals surface area contributed by atoms with Gasteiger partial charge in [0.2, 0.25) is 0 Å². The molecular weight excluding hydrogens is 330 g/mol. The van der Waals surface area contributed by atoms with Crippen LogP contribution >= 0.6 is 0 Å². The Hall–Kier alpha value is -2.83. The Balaban J connectivity index is 1.83. The van der Waals surface area contributed by atoms with Gasteiger partial charge in [-0.2, -0.15) is 0 Å². The van der Waals surface area contributed by atoms with Crippen LogP contribution in [-0.2, 0) is 16.1 Å². The van der Waals surface area contributed by atoms with Gasteiger partial charge in [0.25, 0.3) is 0 Å². The zero-order valence-electron chi connectivity index (χ0n) is 15.7. The van der Waals surface area contributed by atoms with Crippen molar-refractivity contribution in [2.45, 2.75) is 26.3 Å². The summed E-state index contributed by atoms with van der Waals surface area (Å²) < 4.78 is 4.92. The minimum absolute atomic E-state index is 0.165. The molecule has 2 aromatic rings. The van der Waals surface area contributed by atoms with Crippen molar-refractivity contribution in [3.63, 3.8) is 0 Å². The van der Waals surface area contributed by atoms with Gasteiger partial charge in [-0.1, -0.05) is 30.3 Å². The summed E-state index contributed by atoms with van der Waals surface area (Å²) in [6.07, 6.45) is 2.94. The number of ether oxygens (including phenoxy) is 1. The quantitative estimate of drug-likeness (QED) is 0.328. The molecule has 0 fully saturated rings. The Labute approximate surface area is 154 Å². The lowest BCUT2D eigenvalue weighted by atomic mass is 10.2. The number of rotatable bonds is 8. The van der Waals surface area contributed by atoms with Crippen LogP contribution in [0.15, 0.2) is 41.5 Å². The number of benzene rings is 1. The maximum atomic E-state index is 11.3. The fourth-order valence-electron chi connectivity index (χ4n) is 2.56. The van der Waals surface area contributed by atoms with E-state index in [0.29, 0.717) is 32.5 Å². The number of aromatic amines is 1. The van der Waals surface area contributed by atoms with E-state index in [2.05, 4.69) is 20.3 Å². The Morgan fingerprint density at radius 2 is 2.12 bits per heavy atom.